The molecule has 7 heteroatoms. The number of imidazole rings is 1. The molecule has 2 N–H and O–H groups in total. The molecule has 0 aliphatic rings. The summed E-state index contributed by atoms with van der Waals surface area (Å²) in [4.78, 5) is 8.44. The van der Waals surface area contributed by atoms with Crippen LogP contribution >= 0.6 is 0 Å². The van der Waals surface area contributed by atoms with E-state index in [0.717, 1.165) is 11.0 Å². The molecule has 0 radical (unpaired) electrons. The third-order valence-electron chi connectivity index (χ3n) is 2.40. The molecule has 0 aromatic carbocycles. The van der Waals surface area contributed by atoms with Crippen LogP contribution in [0.5, 0.6) is 0 Å². The van der Waals surface area contributed by atoms with Crippen molar-refractivity contribution in [3.8, 4) is 11.5 Å². The monoisotopic (exact) mass is 228 g/mol. The van der Waals surface area contributed by atoms with Gasteiger partial charge in [-0.1, -0.05) is 6.58 Å². The fourth-order valence-corrected chi connectivity index (χ4v) is 1.64. The lowest BCUT2D eigenvalue weighted by Gasteiger charge is -1.98. The van der Waals surface area contributed by atoms with E-state index in [0.29, 0.717) is 11.5 Å². The Bertz CT molecular complexity index is 698. The standard InChI is InChI=1S/C10H8N6O/c1-2-16-7-5-12-4-3-6(7)13-10(16)8-9(11)15-17-14-8/h2-5H,1H2,(H2,11,15). The molecule has 84 valence electrons. The first-order valence-electron chi connectivity index (χ1n) is 4.84. The summed E-state index contributed by atoms with van der Waals surface area (Å²) in [6.45, 7) is 3.73. The van der Waals surface area contributed by atoms with E-state index in [2.05, 4.69) is 31.5 Å². The van der Waals surface area contributed by atoms with E-state index in [-0.39, 0.29) is 5.82 Å². The minimum absolute atomic E-state index is 0.191. The number of fused-ring (bicyclic) bond motifs is 1. The van der Waals surface area contributed by atoms with Crippen LogP contribution in [0.25, 0.3) is 28.8 Å². The Morgan fingerprint density at radius 2 is 2.29 bits per heavy atom. The molecule has 0 atom stereocenters. The summed E-state index contributed by atoms with van der Waals surface area (Å²) >= 11 is 0. The third-order valence-corrected chi connectivity index (χ3v) is 2.40. The van der Waals surface area contributed by atoms with Gasteiger partial charge in [0.1, 0.15) is 0 Å². The highest BCUT2D eigenvalue weighted by atomic mass is 16.6. The maximum absolute atomic E-state index is 5.65. The van der Waals surface area contributed by atoms with E-state index in [1.807, 2.05) is 0 Å². The van der Waals surface area contributed by atoms with E-state index in [1.165, 1.54) is 0 Å². The van der Waals surface area contributed by atoms with E-state index in [1.54, 1.807) is 29.2 Å². The van der Waals surface area contributed by atoms with E-state index >= 15 is 0 Å². The second kappa shape index (κ2) is 3.41. The first-order valence-corrected chi connectivity index (χ1v) is 4.84. The Balaban J connectivity index is 2.37. The van der Waals surface area contributed by atoms with Crippen molar-refractivity contribution in [2.75, 3.05) is 5.73 Å². The number of rotatable bonds is 2. The maximum Gasteiger partial charge on any atom is 0.199 e. The zero-order chi connectivity index (χ0) is 11.8. The van der Waals surface area contributed by atoms with Crippen molar-refractivity contribution in [1.82, 2.24) is 24.8 Å². The Kier molecular flexibility index (Phi) is 1.91. The van der Waals surface area contributed by atoms with Crippen LogP contribution in [0, 0.1) is 0 Å². The van der Waals surface area contributed by atoms with E-state index < -0.39 is 0 Å². The van der Waals surface area contributed by atoms with Gasteiger partial charge in [-0.05, 0) is 16.4 Å². The van der Waals surface area contributed by atoms with Gasteiger partial charge in [0.2, 0.25) is 0 Å². The zero-order valence-corrected chi connectivity index (χ0v) is 8.74. The van der Waals surface area contributed by atoms with Gasteiger partial charge in [0.25, 0.3) is 0 Å². The molecule has 0 aliphatic carbocycles. The van der Waals surface area contributed by atoms with Gasteiger partial charge in [-0.15, -0.1) is 0 Å². The summed E-state index contributed by atoms with van der Waals surface area (Å²) in [5.41, 5.74) is 7.63. The molecule has 0 bridgehead atoms. The van der Waals surface area contributed by atoms with Gasteiger partial charge in [-0.2, -0.15) is 0 Å². The van der Waals surface area contributed by atoms with Crippen molar-refractivity contribution in [1.29, 1.82) is 0 Å². The number of pyridine rings is 1. The van der Waals surface area contributed by atoms with Crippen LogP contribution in [0.2, 0.25) is 0 Å². The van der Waals surface area contributed by atoms with Crippen LogP contribution in [0.1, 0.15) is 0 Å². The van der Waals surface area contributed by atoms with Crippen LogP contribution in [-0.2, 0) is 0 Å². The molecule has 17 heavy (non-hydrogen) atoms. The molecule has 3 aromatic rings. The highest BCUT2D eigenvalue weighted by Gasteiger charge is 2.17. The molecule has 3 heterocycles. The molecule has 7 nitrogen and oxygen atoms in total. The Labute approximate surface area is 95.5 Å². The molecule has 0 fully saturated rings. The van der Waals surface area contributed by atoms with Crippen molar-refractivity contribution >= 4 is 23.1 Å². The second-order valence-electron chi connectivity index (χ2n) is 3.35. The minimum atomic E-state index is 0.191. The summed E-state index contributed by atoms with van der Waals surface area (Å²) < 4.78 is 6.30. The summed E-state index contributed by atoms with van der Waals surface area (Å²) in [6.07, 6.45) is 4.97. The van der Waals surface area contributed by atoms with Crippen molar-refractivity contribution in [3.05, 3.63) is 25.0 Å². The maximum atomic E-state index is 5.65. The van der Waals surface area contributed by atoms with Crippen molar-refractivity contribution in [3.63, 3.8) is 0 Å². The SMILES string of the molecule is C=Cn1c(-c2nonc2N)nc2ccncc21. The molecule has 0 spiro atoms. The Morgan fingerprint density at radius 1 is 1.41 bits per heavy atom. The lowest BCUT2D eigenvalue weighted by atomic mass is 10.4. The van der Waals surface area contributed by atoms with Crippen LogP contribution in [-0.4, -0.2) is 24.8 Å². The smallest absolute Gasteiger partial charge is 0.199 e. The van der Waals surface area contributed by atoms with Gasteiger partial charge in [0.05, 0.1) is 17.2 Å². The summed E-state index contributed by atoms with van der Waals surface area (Å²) in [7, 11) is 0. The fourth-order valence-electron chi connectivity index (χ4n) is 1.64. The van der Waals surface area contributed by atoms with Gasteiger partial charge in [0.15, 0.2) is 17.3 Å². The number of nitrogens with zero attached hydrogens (tertiary/aromatic N) is 5. The average Bonchev–Trinajstić information content (AvgIpc) is 2.91. The summed E-state index contributed by atoms with van der Waals surface area (Å²) in [5, 5.41) is 7.25. The number of hydrogen-bond donors (Lipinski definition) is 1. The zero-order valence-electron chi connectivity index (χ0n) is 8.74. The first kappa shape index (κ1) is 9.52. The molecule has 3 rings (SSSR count). The van der Waals surface area contributed by atoms with Crippen LogP contribution in [0.3, 0.4) is 0 Å². The van der Waals surface area contributed by atoms with Gasteiger partial charge in [-0.3, -0.25) is 9.55 Å². The molecular formula is C10H8N6O. The number of nitrogens with two attached hydrogens (primary N) is 1. The van der Waals surface area contributed by atoms with Crippen molar-refractivity contribution in [2.45, 2.75) is 0 Å². The molecule has 0 aliphatic heterocycles. The summed E-state index contributed by atoms with van der Waals surface area (Å²) in [6, 6.07) is 1.79. The van der Waals surface area contributed by atoms with Crippen molar-refractivity contribution < 1.29 is 4.63 Å². The lowest BCUT2D eigenvalue weighted by Crippen LogP contribution is -1.95. The second-order valence-corrected chi connectivity index (χ2v) is 3.35. The molecule has 0 amide bonds. The largest absolute Gasteiger partial charge is 0.379 e. The average molecular weight is 228 g/mol. The van der Waals surface area contributed by atoms with E-state index in [9.17, 15) is 0 Å². The highest BCUT2D eigenvalue weighted by Crippen LogP contribution is 2.25. The van der Waals surface area contributed by atoms with Gasteiger partial charge in [-0.25, -0.2) is 9.61 Å². The highest BCUT2D eigenvalue weighted by molar-refractivity contribution is 5.83. The lowest BCUT2D eigenvalue weighted by molar-refractivity contribution is 0.310. The Morgan fingerprint density at radius 3 is 3.00 bits per heavy atom. The third kappa shape index (κ3) is 1.29. The summed E-state index contributed by atoms with van der Waals surface area (Å²) in [5.74, 6) is 0.720. The number of hydrogen-bond acceptors (Lipinski definition) is 6. The van der Waals surface area contributed by atoms with Gasteiger partial charge >= 0.3 is 0 Å². The molecular weight excluding hydrogens is 220 g/mol. The molecule has 3 aromatic heterocycles. The van der Waals surface area contributed by atoms with Crippen LogP contribution < -0.4 is 5.73 Å². The quantitative estimate of drug-likeness (QED) is 0.707. The molecule has 0 unspecified atom stereocenters. The number of aromatic nitrogens is 5. The number of nitrogen functional groups attached to an aromatic ring is 1. The normalized spacial score (nSPS) is 10.8. The minimum Gasteiger partial charge on any atom is -0.379 e. The first-order chi connectivity index (χ1) is 8.31. The van der Waals surface area contributed by atoms with Crippen LogP contribution in [0.15, 0.2) is 29.7 Å². The van der Waals surface area contributed by atoms with Crippen LogP contribution in [0.4, 0.5) is 5.82 Å². The van der Waals surface area contributed by atoms with E-state index in [4.69, 9.17) is 5.73 Å². The van der Waals surface area contributed by atoms with Gasteiger partial charge < -0.3 is 5.73 Å². The number of anilines is 1. The topological polar surface area (TPSA) is 95.7 Å². The Hall–Kier alpha value is -2.70. The van der Waals surface area contributed by atoms with Gasteiger partial charge in [0, 0.05) is 12.4 Å². The van der Waals surface area contributed by atoms with Crippen molar-refractivity contribution in [2.24, 2.45) is 0 Å². The molecule has 0 saturated carbocycles. The molecule has 0 saturated heterocycles. The fraction of sp³-hybridized carbons (Fsp3) is 0. The predicted molar refractivity (Wildman–Crippen MR) is 61.6 cm³/mol. The predicted octanol–water partition coefficient (Wildman–Crippen LogP) is 1.16.